The Morgan fingerprint density at radius 2 is 1.65 bits per heavy atom. The lowest BCUT2D eigenvalue weighted by atomic mass is 9.96. The van der Waals surface area contributed by atoms with E-state index in [1.54, 1.807) is 0 Å². The van der Waals surface area contributed by atoms with Crippen LogP contribution in [0.25, 0.3) is 0 Å². The van der Waals surface area contributed by atoms with E-state index in [1.165, 1.54) is 57.1 Å². The molecule has 0 amide bonds. The van der Waals surface area contributed by atoms with E-state index >= 15 is 0 Å². The number of nitrogens with two attached hydrogens (primary N) is 1. The molecule has 3 heteroatoms. The molecule has 3 N–H and O–H groups in total. The number of hydrogen-bond acceptors (Lipinski definition) is 2. The first-order valence-corrected chi connectivity index (χ1v) is 6.56. The van der Waals surface area contributed by atoms with Gasteiger partial charge in [-0.1, -0.05) is 32.1 Å². The van der Waals surface area contributed by atoms with Gasteiger partial charge in [0.15, 0.2) is 0 Å². The predicted octanol–water partition coefficient (Wildman–Crippen LogP) is 3.93. The summed E-state index contributed by atoms with van der Waals surface area (Å²) in [4.78, 5) is 0. The topological polar surface area (TPSA) is 38.0 Å². The van der Waals surface area contributed by atoms with Crippen molar-refractivity contribution < 1.29 is 4.39 Å². The van der Waals surface area contributed by atoms with Gasteiger partial charge in [-0.15, -0.1) is 0 Å². The van der Waals surface area contributed by atoms with Crippen LogP contribution in [0.3, 0.4) is 0 Å². The molecule has 0 radical (unpaired) electrons. The third kappa shape index (κ3) is 3.91. The summed E-state index contributed by atoms with van der Waals surface area (Å²) in [6.45, 7) is 0. The summed E-state index contributed by atoms with van der Waals surface area (Å²) >= 11 is 0. The number of anilines is 2. The van der Waals surface area contributed by atoms with Crippen molar-refractivity contribution in [3.8, 4) is 0 Å². The standard InChI is InChI=1S/C14H21FN2/c15-11-8-12(16)10-14(9-11)17-13-6-4-2-1-3-5-7-13/h8-10,13,17H,1-7,16H2. The Kier molecular flexibility index (Phi) is 4.24. The Hall–Kier alpha value is -1.25. The molecule has 1 aromatic carbocycles. The average molecular weight is 236 g/mol. The van der Waals surface area contributed by atoms with Crippen molar-refractivity contribution in [1.29, 1.82) is 0 Å². The van der Waals surface area contributed by atoms with Crippen molar-refractivity contribution >= 4 is 11.4 Å². The molecule has 0 unspecified atom stereocenters. The van der Waals surface area contributed by atoms with Gasteiger partial charge in [0.25, 0.3) is 0 Å². The predicted molar refractivity (Wildman–Crippen MR) is 70.5 cm³/mol. The van der Waals surface area contributed by atoms with Gasteiger partial charge in [-0.3, -0.25) is 0 Å². The summed E-state index contributed by atoms with van der Waals surface area (Å²) in [7, 11) is 0. The first-order chi connectivity index (χ1) is 8.24. The molecule has 17 heavy (non-hydrogen) atoms. The highest BCUT2D eigenvalue weighted by atomic mass is 19.1. The molecule has 0 aliphatic heterocycles. The summed E-state index contributed by atoms with van der Waals surface area (Å²) in [5.41, 5.74) is 6.94. The zero-order chi connectivity index (χ0) is 12.1. The molecule has 1 aromatic rings. The molecular formula is C14H21FN2. The third-order valence-corrected chi connectivity index (χ3v) is 3.40. The average Bonchev–Trinajstić information content (AvgIpc) is 2.20. The van der Waals surface area contributed by atoms with Crippen LogP contribution < -0.4 is 11.1 Å². The van der Waals surface area contributed by atoms with Gasteiger partial charge < -0.3 is 11.1 Å². The van der Waals surface area contributed by atoms with Gasteiger partial charge in [0.05, 0.1) is 0 Å². The first-order valence-electron chi connectivity index (χ1n) is 6.56. The molecule has 2 nitrogen and oxygen atoms in total. The van der Waals surface area contributed by atoms with Gasteiger partial charge in [-0.25, -0.2) is 4.39 Å². The summed E-state index contributed by atoms with van der Waals surface area (Å²) in [5, 5.41) is 3.41. The van der Waals surface area contributed by atoms with Gasteiger partial charge >= 0.3 is 0 Å². The second-order valence-electron chi connectivity index (χ2n) is 4.96. The SMILES string of the molecule is Nc1cc(F)cc(NC2CCCCCCC2)c1. The number of hydrogen-bond donors (Lipinski definition) is 2. The molecular weight excluding hydrogens is 215 g/mol. The number of nitrogens with one attached hydrogen (secondary N) is 1. The first kappa shape index (κ1) is 12.2. The minimum absolute atomic E-state index is 0.265. The van der Waals surface area contributed by atoms with Crippen molar-refractivity contribution in [3.05, 3.63) is 24.0 Å². The molecule has 1 fully saturated rings. The Morgan fingerprint density at radius 3 is 2.29 bits per heavy atom. The van der Waals surface area contributed by atoms with E-state index < -0.39 is 0 Å². The molecule has 0 bridgehead atoms. The van der Waals surface area contributed by atoms with Crippen LogP contribution in [0.4, 0.5) is 15.8 Å². The molecule has 0 heterocycles. The van der Waals surface area contributed by atoms with Gasteiger partial charge in [0, 0.05) is 17.4 Å². The van der Waals surface area contributed by atoms with E-state index in [2.05, 4.69) is 5.32 Å². The fourth-order valence-corrected chi connectivity index (χ4v) is 2.53. The number of nitrogen functional groups attached to an aromatic ring is 1. The van der Waals surface area contributed by atoms with E-state index in [1.807, 2.05) is 6.07 Å². The highest BCUT2D eigenvalue weighted by Crippen LogP contribution is 2.22. The van der Waals surface area contributed by atoms with E-state index in [-0.39, 0.29) is 5.82 Å². The van der Waals surface area contributed by atoms with Crippen molar-refractivity contribution in [2.45, 2.75) is 51.0 Å². The van der Waals surface area contributed by atoms with Crippen LogP contribution in [-0.2, 0) is 0 Å². The van der Waals surface area contributed by atoms with Gasteiger partial charge in [0.2, 0.25) is 0 Å². The molecule has 0 atom stereocenters. The third-order valence-electron chi connectivity index (χ3n) is 3.40. The zero-order valence-corrected chi connectivity index (χ0v) is 10.2. The minimum atomic E-state index is -0.265. The molecule has 1 saturated carbocycles. The number of rotatable bonds is 2. The van der Waals surface area contributed by atoms with Crippen LogP contribution in [0.5, 0.6) is 0 Å². The Labute approximate surface area is 102 Å². The Balaban J connectivity index is 1.97. The number of benzene rings is 1. The van der Waals surface area contributed by atoms with Crippen LogP contribution in [0.15, 0.2) is 18.2 Å². The fourth-order valence-electron chi connectivity index (χ4n) is 2.53. The van der Waals surface area contributed by atoms with Crippen LogP contribution in [0.2, 0.25) is 0 Å². The van der Waals surface area contributed by atoms with Crippen molar-refractivity contribution in [2.24, 2.45) is 0 Å². The lowest BCUT2D eigenvalue weighted by molar-refractivity contribution is 0.471. The summed E-state index contributed by atoms with van der Waals surface area (Å²) in [6.07, 6.45) is 8.89. The van der Waals surface area contributed by atoms with Crippen LogP contribution in [0.1, 0.15) is 44.9 Å². The minimum Gasteiger partial charge on any atom is -0.399 e. The van der Waals surface area contributed by atoms with Crippen LogP contribution in [0, 0.1) is 5.82 Å². The van der Waals surface area contributed by atoms with E-state index in [0.717, 1.165) is 5.69 Å². The van der Waals surface area contributed by atoms with E-state index in [4.69, 9.17) is 5.73 Å². The molecule has 0 saturated heterocycles. The molecule has 0 spiro atoms. The monoisotopic (exact) mass is 236 g/mol. The maximum Gasteiger partial charge on any atom is 0.127 e. The fraction of sp³-hybridized carbons (Fsp3) is 0.571. The number of halogens is 1. The highest BCUT2D eigenvalue weighted by Gasteiger charge is 2.11. The molecule has 1 aliphatic carbocycles. The normalized spacial score (nSPS) is 18.4. The Morgan fingerprint density at radius 1 is 1.00 bits per heavy atom. The zero-order valence-electron chi connectivity index (χ0n) is 10.2. The molecule has 0 aromatic heterocycles. The second-order valence-corrected chi connectivity index (χ2v) is 4.96. The Bertz CT molecular complexity index is 337. The van der Waals surface area contributed by atoms with Gasteiger partial charge in [-0.05, 0) is 31.0 Å². The van der Waals surface area contributed by atoms with Gasteiger partial charge in [-0.2, -0.15) is 0 Å². The van der Waals surface area contributed by atoms with Crippen LogP contribution in [-0.4, -0.2) is 6.04 Å². The molecule has 94 valence electrons. The van der Waals surface area contributed by atoms with Crippen molar-refractivity contribution in [1.82, 2.24) is 0 Å². The summed E-state index contributed by atoms with van der Waals surface area (Å²) < 4.78 is 13.2. The quantitative estimate of drug-likeness (QED) is 0.763. The van der Waals surface area contributed by atoms with Crippen LogP contribution >= 0.6 is 0 Å². The van der Waals surface area contributed by atoms with Crippen molar-refractivity contribution in [3.63, 3.8) is 0 Å². The second kappa shape index (κ2) is 5.89. The van der Waals surface area contributed by atoms with E-state index in [9.17, 15) is 4.39 Å². The highest BCUT2D eigenvalue weighted by molar-refractivity contribution is 5.55. The molecule has 1 aliphatic rings. The lowest BCUT2D eigenvalue weighted by Crippen LogP contribution is -2.20. The molecule has 2 rings (SSSR count). The maximum absolute atomic E-state index is 13.2. The maximum atomic E-state index is 13.2. The van der Waals surface area contributed by atoms with E-state index in [0.29, 0.717) is 11.7 Å². The smallest absolute Gasteiger partial charge is 0.127 e. The largest absolute Gasteiger partial charge is 0.399 e. The lowest BCUT2D eigenvalue weighted by Gasteiger charge is -2.22. The van der Waals surface area contributed by atoms with Gasteiger partial charge in [0.1, 0.15) is 5.82 Å². The summed E-state index contributed by atoms with van der Waals surface area (Å²) in [5.74, 6) is -0.265. The van der Waals surface area contributed by atoms with Crippen molar-refractivity contribution in [2.75, 3.05) is 11.1 Å². The summed E-state index contributed by atoms with van der Waals surface area (Å²) in [6, 6.07) is 5.15.